The van der Waals surface area contributed by atoms with Crippen LogP contribution in [0, 0.1) is 0 Å². The highest BCUT2D eigenvalue weighted by Crippen LogP contribution is 2.32. The Bertz CT molecular complexity index is 185. The van der Waals surface area contributed by atoms with Crippen LogP contribution < -0.4 is 0 Å². The first kappa shape index (κ1) is 7.34. The smallest absolute Gasteiger partial charge is 0.495 e. The lowest BCUT2D eigenvalue weighted by Gasteiger charge is -2.41. The third-order valence-corrected chi connectivity index (χ3v) is 3.08. The molecule has 2 heterocycles. The van der Waals surface area contributed by atoms with E-state index in [4.69, 9.17) is 9.31 Å². The van der Waals surface area contributed by atoms with Crippen LogP contribution in [0.2, 0.25) is 0 Å². The standard InChI is InChI=1S/C7H14BNO2/c1-3-8-9(2,4-6-10-8)5-7-11-8/h3H,1,4-7H2,2H3. The molecule has 2 aliphatic rings. The first-order valence-electron chi connectivity index (χ1n) is 4.13. The number of hydrogen-bond donors (Lipinski definition) is 0. The van der Waals surface area contributed by atoms with Gasteiger partial charge in [-0.05, 0) is 0 Å². The minimum atomic E-state index is -1.18. The molecule has 2 fully saturated rings. The van der Waals surface area contributed by atoms with E-state index in [9.17, 15) is 0 Å². The van der Waals surface area contributed by atoms with Crippen molar-refractivity contribution in [3.05, 3.63) is 12.6 Å². The lowest BCUT2D eigenvalue weighted by molar-refractivity contribution is -0.798. The molecule has 0 aliphatic carbocycles. The third kappa shape index (κ3) is 0.746. The van der Waals surface area contributed by atoms with Crippen LogP contribution in [0.25, 0.3) is 0 Å². The first-order valence-corrected chi connectivity index (χ1v) is 4.13. The summed E-state index contributed by atoms with van der Waals surface area (Å²) in [5.41, 5.74) is 0. The highest BCUT2D eigenvalue weighted by atomic mass is 16.6. The monoisotopic (exact) mass is 155 g/mol. The molecular weight excluding hydrogens is 141 g/mol. The van der Waals surface area contributed by atoms with Crippen molar-refractivity contribution < 1.29 is 13.7 Å². The Balaban J connectivity index is 2.35. The van der Waals surface area contributed by atoms with Crippen molar-refractivity contribution in [1.82, 2.24) is 0 Å². The van der Waals surface area contributed by atoms with Gasteiger partial charge in [0.05, 0.1) is 26.3 Å². The number of quaternary nitrogens is 1. The van der Waals surface area contributed by atoms with Gasteiger partial charge in [-0.1, -0.05) is 0 Å². The highest BCUT2D eigenvalue weighted by Gasteiger charge is 2.53. The Hall–Kier alpha value is -0.315. The van der Waals surface area contributed by atoms with Crippen molar-refractivity contribution in [2.75, 3.05) is 33.4 Å². The Morgan fingerprint density at radius 2 is 1.91 bits per heavy atom. The molecular formula is C7H14BNO2. The van der Waals surface area contributed by atoms with Gasteiger partial charge in [0.15, 0.2) is 0 Å². The molecule has 2 rings (SSSR count). The van der Waals surface area contributed by atoms with Crippen molar-refractivity contribution >= 4 is 6.69 Å². The van der Waals surface area contributed by atoms with Crippen LogP contribution in [0.3, 0.4) is 0 Å². The van der Waals surface area contributed by atoms with E-state index < -0.39 is 6.69 Å². The molecule has 0 radical (unpaired) electrons. The van der Waals surface area contributed by atoms with Gasteiger partial charge in [-0.2, -0.15) is 0 Å². The van der Waals surface area contributed by atoms with E-state index in [2.05, 4.69) is 13.6 Å². The molecule has 4 heteroatoms. The van der Waals surface area contributed by atoms with Crippen molar-refractivity contribution in [2.45, 2.75) is 0 Å². The van der Waals surface area contributed by atoms with E-state index in [0.717, 1.165) is 30.7 Å². The topological polar surface area (TPSA) is 18.5 Å². The van der Waals surface area contributed by atoms with Crippen molar-refractivity contribution in [3.63, 3.8) is 0 Å². The molecule has 0 saturated carbocycles. The SMILES string of the molecule is C=C[B-]12OCC[N+]1(C)CCO2. The average Bonchev–Trinajstić information content (AvgIpc) is 2.41. The summed E-state index contributed by atoms with van der Waals surface area (Å²) in [4.78, 5) is 0. The predicted molar refractivity (Wildman–Crippen MR) is 43.8 cm³/mol. The van der Waals surface area contributed by atoms with Crippen LogP contribution in [0.15, 0.2) is 12.6 Å². The molecule has 0 spiro atoms. The zero-order valence-electron chi connectivity index (χ0n) is 6.95. The lowest BCUT2D eigenvalue weighted by Crippen LogP contribution is -2.58. The minimum absolute atomic E-state index is 0.808. The second-order valence-corrected chi connectivity index (χ2v) is 3.63. The molecule has 0 atom stereocenters. The maximum absolute atomic E-state index is 5.61. The summed E-state index contributed by atoms with van der Waals surface area (Å²) in [6.07, 6.45) is 0. The number of nitrogens with zero attached hydrogens (tertiary/aromatic N) is 1. The molecule has 62 valence electrons. The molecule has 0 aromatic heterocycles. The lowest BCUT2D eigenvalue weighted by atomic mass is 9.69. The quantitative estimate of drug-likeness (QED) is 0.502. The molecule has 0 aromatic carbocycles. The summed E-state index contributed by atoms with van der Waals surface area (Å²) < 4.78 is 12.1. The van der Waals surface area contributed by atoms with Crippen LogP contribution in [-0.2, 0) is 9.31 Å². The summed E-state index contributed by atoms with van der Waals surface area (Å²) >= 11 is 0. The molecule has 0 amide bonds. The van der Waals surface area contributed by atoms with Gasteiger partial charge in [0.1, 0.15) is 0 Å². The number of fused-ring (bicyclic) bond motifs is 1. The Morgan fingerprint density at radius 1 is 1.36 bits per heavy atom. The molecule has 0 unspecified atom stereocenters. The van der Waals surface area contributed by atoms with Gasteiger partial charge < -0.3 is 13.7 Å². The highest BCUT2D eigenvalue weighted by molar-refractivity contribution is 6.66. The van der Waals surface area contributed by atoms with E-state index >= 15 is 0 Å². The minimum Gasteiger partial charge on any atom is -0.506 e. The fourth-order valence-electron chi connectivity index (χ4n) is 2.13. The van der Waals surface area contributed by atoms with Gasteiger partial charge in [-0.3, -0.25) is 0 Å². The van der Waals surface area contributed by atoms with Crippen molar-refractivity contribution in [3.8, 4) is 0 Å². The van der Waals surface area contributed by atoms with E-state index in [1.54, 1.807) is 0 Å². The average molecular weight is 155 g/mol. The van der Waals surface area contributed by atoms with Crippen LogP contribution in [0.1, 0.15) is 0 Å². The second kappa shape index (κ2) is 2.09. The molecule has 0 bridgehead atoms. The molecule has 3 nitrogen and oxygen atoms in total. The molecule has 0 aromatic rings. The van der Waals surface area contributed by atoms with E-state index in [1.165, 1.54) is 0 Å². The van der Waals surface area contributed by atoms with Gasteiger partial charge in [-0.15, -0.1) is 12.6 Å². The first-order chi connectivity index (χ1) is 5.22. The Morgan fingerprint density at radius 3 is 2.27 bits per heavy atom. The van der Waals surface area contributed by atoms with Crippen molar-refractivity contribution in [2.24, 2.45) is 0 Å². The molecule has 11 heavy (non-hydrogen) atoms. The van der Waals surface area contributed by atoms with Crippen molar-refractivity contribution in [1.29, 1.82) is 0 Å². The normalized spacial score (nSPS) is 49.2. The summed E-state index contributed by atoms with van der Waals surface area (Å²) in [6.45, 7) is 6.34. The fraction of sp³-hybridized carbons (Fsp3) is 0.714. The van der Waals surface area contributed by atoms with Gasteiger partial charge >= 0.3 is 6.69 Å². The van der Waals surface area contributed by atoms with Gasteiger partial charge in [-0.25, -0.2) is 0 Å². The van der Waals surface area contributed by atoms with Crippen LogP contribution >= 0.6 is 0 Å². The maximum Gasteiger partial charge on any atom is 0.495 e. The molecule has 0 N–H and O–H groups in total. The van der Waals surface area contributed by atoms with Gasteiger partial charge in [0, 0.05) is 7.05 Å². The zero-order valence-corrected chi connectivity index (χ0v) is 6.95. The fourth-order valence-corrected chi connectivity index (χ4v) is 2.13. The Kier molecular flexibility index (Phi) is 1.40. The van der Waals surface area contributed by atoms with Crippen LogP contribution in [0.4, 0.5) is 0 Å². The van der Waals surface area contributed by atoms with E-state index in [0.29, 0.717) is 0 Å². The third-order valence-electron chi connectivity index (χ3n) is 3.08. The van der Waals surface area contributed by atoms with E-state index in [1.807, 2.05) is 5.98 Å². The van der Waals surface area contributed by atoms with Crippen LogP contribution in [-0.4, -0.2) is 44.4 Å². The number of hydrogen-bond acceptors (Lipinski definition) is 2. The summed E-state index contributed by atoms with van der Waals surface area (Å²) in [7, 11) is 2.18. The second-order valence-electron chi connectivity index (χ2n) is 3.63. The van der Waals surface area contributed by atoms with Crippen LogP contribution in [0.5, 0.6) is 0 Å². The summed E-state index contributed by atoms with van der Waals surface area (Å²) in [5, 5.41) is 0. The molecule has 2 saturated heterocycles. The Labute approximate surface area is 67.2 Å². The van der Waals surface area contributed by atoms with Gasteiger partial charge in [0.2, 0.25) is 0 Å². The maximum atomic E-state index is 5.61. The van der Waals surface area contributed by atoms with Gasteiger partial charge in [0.25, 0.3) is 0 Å². The van der Waals surface area contributed by atoms with E-state index in [-0.39, 0.29) is 0 Å². The predicted octanol–water partition coefficient (Wildman–Crippen LogP) is 0.157. The number of likely N-dealkylation sites (N-methyl/N-ethyl adjacent to an activating group) is 1. The number of rotatable bonds is 1. The summed E-state index contributed by atoms with van der Waals surface area (Å²) in [5.74, 6) is 1.85. The largest absolute Gasteiger partial charge is 0.506 e. The molecule has 2 aliphatic heterocycles. The zero-order chi connectivity index (χ0) is 7.95. The summed E-state index contributed by atoms with van der Waals surface area (Å²) in [6, 6.07) is 0.